The number of likely N-dealkylation sites (tertiary alicyclic amines) is 1. The molecule has 6 heteroatoms. The summed E-state index contributed by atoms with van der Waals surface area (Å²) in [6.45, 7) is 6.31. The Kier molecular flexibility index (Phi) is 5.82. The lowest BCUT2D eigenvalue weighted by Crippen LogP contribution is -2.34. The molecule has 2 rings (SSSR count). The van der Waals surface area contributed by atoms with Crippen LogP contribution in [-0.4, -0.2) is 36.5 Å². The lowest BCUT2D eigenvalue weighted by Gasteiger charge is -2.18. The van der Waals surface area contributed by atoms with Crippen molar-refractivity contribution in [3.05, 3.63) is 26.6 Å². The van der Waals surface area contributed by atoms with E-state index in [0.717, 1.165) is 39.7 Å². The van der Waals surface area contributed by atoms with Crippen molar-refractivity contribution in [2.24, 2.45) is 11.7 Å². The molecule has 1 aromatic rings. The summed E-state index contributed by atoms with van der Waals surface area (Å²) in [6, 6.07) is 4.17. The van der Waals surface area contributed by atoms with Gasteiger partial charge in [-0.05, 0) is 82.3 Å². The minimum atomic E-state index is 0.00516. The van der Waals surface area contributed by atoms with E-state index in [1.165, 1.54) is 0 Å². The topological polar surface area (TPSA) is 58.4 Å². The van der Waals surface area contributed by atoms with Crippen molar-refractivity contribution in [3.8, 4) is 0 Å². The van der Waals surface area contributed by atoms with Crippen LogP contribution >= 0.6 is 31.9 Å². The quantitative estimate of drug-likeness (QED) is 0.789. The minimum absolute atomic E-state index is 0.00516. The maximum absolute atomic E-state index is 12.2. The third kappa shape index (κ3) is 4.52. The number of halogens is 2. The van der Waals surface area contributed by atoms with Crippen molar-refractivity contribution in [1.82, 2.24) is 4.90 Å². The van der Waals surface area contributed by atoms with Crippen LogP contribution in [0.15, 0.2) is 21.1 Å². The Bertz CT molecular complexity index is 511. The second kappa shape index (κ2) is 7.22. The molecular formula is C15H21Br2N3O. The lowest BCUT2D eigenvalue weighted by molar-refractivity contribution is -0.117. The number of nitrogens with one attached hydrogen (secondary N) is 1. The maximum atomic E-state index is 12.2. The van der Waals surface area contributed by atoms with Crippen molar-refractivity contribution in [2.75, 3.05) is 25.0 Å². The molecule has 1 fully saturated rings. The van der Waals surface area contributed by atoms with Crippen molar-refractivity contribution in [1.29, 1.82) is 0 Å². The molecule has 0 spiro atoms. The van der Waals surface area contributed by atoms with E-state index in [2.05, 4.69) is 42.1 Å². The number of hydrogen-bond acceptors (Lipinski definition) is 3. The van der Waals surface area contributed by atoms with E-state index in [0.29, 0.717) is 12.5 Å². The molecule has 0 aliphatic carbocycles. The molecule has 1 saturated heterocycles. The number of anilines is 1. The highest BCUT2D eigenvalue weighted by atomic mass is 79.9. The van der Waals surface area contributed by atoms with Crippen molar-refractivity contribution < 1.29 is 4.79 Å². The molecule has 116 valence electrons. The zero-order chi connectivity index (χ0) is 15.6. The van der Waals surface area contributed by atoms with Gasteiger partial charge in [0.15, 0.2) is 0 Å². The average molecular weight is 419 g/mol. The molecule has 0 saturated carbocycles. The first-order valence-electron chi connectivity index (χ1n) is 7.10. The number of nitrogens with zero attached hydrogens (tertiary/aromatic N) is 1. The van der Waals surface area contributed by atoms with Crippen LogP contribution in [0.25, 0.3) is 0 Å². The number of amides is 1. The summed E-state index contributed by atoms with van der Waals surface area (Å²) in [4.78, 5) is 14.4. The highest BCUT2D eigenvalue weighted by Crippen LogP contribution is 2.32. The largest absolute Gasteiger partial charge is 0.328 e. The number of rotatable bonds is 4. The lowest BCUT2D eigenvalue weighted by atomic mass is 10.0. The van der Waals surface area contributed by atoms with Gasteiger partial charge in [0, 0.05) is 21.5 Å². The second-order valence-corrected chi connectivity index (χ2v) is 7.50. The fraction of sp³-hybridized carbons (Fsp3) is 0.533. The molecule has 1 aliphatic heterocycles. The Morgan fingerprint density at radius 3 is 2.62 bits per heavy atom. The molecule has 2 atom stereocenters. The standard InChI is InChI=1S/C15H21Br2N3O/c1-9-5-12(16)15(13(17)6-9)19-14(21)8-20-4-3-11(7-20)10(2)18/h5-6,10-11H,3-4,7-8,18H2,1-2H3,(H,19,21). The molecule has 0 bridgehead atoms. The van der Waals surface area contributed by atoms with Crippen LogP contribution in [0.1, 0.15) is 18.9 Å². The normalized spacial score (nSPS) is 20.5. The summed E-state index contributed by atoms with van der Waals surface area (Å²) in [6.07, 6.45) is 1.07. The summed E-state index contributed by atoms with van der Waals surface area (Å²) < 4.78 is 1.77. The van der Waals surface area contributed by atoms with E-state index in [-0.39, 0.29) is 11.9 Å². The number of carbonyl (C=O) groups excluding carboxylic acids is 1. The number of carbonyl (C=O) groups is 1. The van der Waals surface area contributed by atoms with Gasteiger partial charge in [-0.2, -0.15) is 0 Å². The van der Waals surface area contributed by atoms with Crippen LogP contribution in [0.4, 0.5) is 5.69 Å². The monoisotopic (exact) mass is 417 g/mol. The van der Waals surface area contributed by atoms with Gasteiger partial charge in [0.2, 0.25) is 5.91 Å². The predicted molar refractivity (Wildman–Crippen MR) is 93.4 cm³/mol. The third-order valence-corrected chi connectivity index (χ3v) is 5.12. The summed E-state index contributed by atoms with van der Waals surface area (Å²) >= 11 is 6.99. The van der Waals surface area contributed by atoms with Gasteiger partial charge >= 0.3 is 0 Å². The summed E-state index contributed by atoms with van der Waals surface area (Å²) in [5.74, 6) is 0.501. The van der Waals surface area contributed by atoms with Crippen LogP contribution < -0.4 is 11.1 Å². The summed E-state index contributed by atoms with van der Waals surface area (Å²) in [7, 11) is 0. The molecule has 21 heavy (non-hydrogen) atoms. The molecule has 1 aromatic carbocycles. The van der Waals surface area contributed by atoms with Crippen molar-refractivity contribution >= 4 is 43.5 Å². The SMILES string of the molecule is Cc1cc(Br)c(NC(=O)CN2CCC(C(C)N)C2)c(Br)c1. The molecule has 1 heterocycles. The molecule has 2 unspecified atom stereocenters. The van der Waals surface area contributed by atoms with Gasteiger partial charge < -0.3 is 11.1 Å². The summed E-state index contributed by atoms with van der Waals surface area (Å²) in [5.41, 5.74) is 7.84. The Hall–Kier alpha value is -0.430. The van der Waals surface area contributed by atoms with Gasteiger partial charge in [0.1, 0.15) is 0 Å². The molecule has 3 N–H and O–H groups in total. The fourth-order valence-electron chi connectivity index (χ4n) is 2.64. The third-order valence-electron chi connectivity index (χ3n) is 3.87. The summed E-state index contributed by atoms with van der Waals surface area (Å²) in [5, 5.41) is 2.97. The first-order valence-corrected chi connectivity index (χ1v) is 8.69. The Morgan fingerprint density at radius 2 is 2.10 bits per heavy atom. The van der Waals surface area contributed by atoms with E-state index >= 15 is 0 Å². The smallest absolute Gasteiger partial charge is 0.238 e. The van der Waals surface area contributed by atoms with Gasteiger partial charge in [-0.1, -0.05) is 0 Å². The number of aryl methyl sites for hydroxylation is 1. The number of hydrogen-bond donors (Lipinski definition) is 2. The first-order chi connectivity index (χ1) is 9.86. The molecule has 0 aromatic heterocycles. The van der Waals surface area contributed by atoms with E-state index in [9.17, 15) is 4.79 Å². The fourth-order valence-corrected chi connectivity index (χ4v) is 4.25. The molecule has 1 amide bonds. The minimum Gasteiger partial charge on any atom is -0.328 e. The van der Waals surface area contributed by atoms with Crippen molar-refractivity contribution in [2.45, 2.75) is 26.3 Å². The average Bonchev–Trinajstić information content (AvgIpc) is 2.82. The first kappa shape index (κ1) is 16.9. The van der Waals surface area contributed by atoms with Crippen LogP contribution in [0, 0.1) is 12.8 Å². The van der Waals surface area contributed by atoms with Gasteiger partial charge in [-0.15, -0.1) is 0 Å². The van der Waals surface area contributed by atoms with Gasteiger partial charge in [0.25, 0.3) is 0 Å². The molecule has 4 nitrogen and oxygen atoms in total. The number of benzene rings is 1. The zero-order valence-electron chi connectivity index (χ0n) is 12.3. The predicted octanol–water partition coefficient (Wildman–Crippen LogP) is 3.13. The van der Waals surface area contributed by atoms with E-state index in [1.807, 2.05) is 26.0 Å². The second-order valence-electron chi connectivity index (χ2n) is 5.79. The van der Waals surface area contributed by atoms with Crippen LogP contribution in [0.3, 0.4) is 0 Å². The van der Waals surface area contributed by atoms with Gasteiger partial charge in [-0.3, -0.25) is 9.69 Å². The molecule has 0 radical (unpaired) electrons. The van der Waals surface area contributed by atoms with Crippen LogP contribution in [0.2, 0.25) is 0 Å². The Balaban J connectivity index is 1.94. The highest BCUT2D eigenvalue weighted by molar-refractivity contribution is 9.11. The molecule has 1 aliphatic rings. The molecular weight excluding hydrogens is 398 g/mol. The van der Waals surface area contributed by atoms with Crippen molar-refractivity contribution in [3.63, 3.8) is 0 Å². The van der Waals surface area contributed by atoms with Gasteiger partial charge in [-0.25, -0.2) is 0 Å². The maximum Gasteiger partial charge on any atom is 0.238 e. The van der Waals surface area contributed by atoms with Crippen LogP contribution in [0.5, 0.6) is 0 Å². The Morgan fingerprint density at radius 1 is 1.48 bits per heavy atom. The van der Waals surface area contributed by atoms with Crippen LogP contribution in [-0.2, 0) is 4.79 Å². The van der Waals surface area contributed by atoms with E-state index in [4.69, 9.17) is 5.73 Å². The highest BCUT2D eigenvalue weighted by Gasteiger charge is 2.26. The van der Waals surface area contributed by atoms with Gasteiger partial charge in [0.05, 0.1) is 12.2 Å². The van der Waals surface area contributed by atoms with E-state index in [1.54, 1.807) is 0 Å². The van der Waals surface area contributed by atoms with E-state index < -0.39 is 0 Å². The Labute approximate surface area is 142 Å². The zero-order valence-corrected chi connectivity index (χ0v) is 15.5. The number of nitrogens with two attached hydrogens (primary N) is 1.